The van der Waals surface area contributed by atoms with Crippen molar-refractivity contribution in [1.82, 2.24) is 4.98 Å². The van der Waals surface area contributed by atoms with E-state index in [9.17, 15) is 19.5 Å². The normalized spacial score (nSPS) is 14.7. The first kappa shape index (κ1) is 22.6. The smallest absolute Gasteiger partial charge is 0.326 e. The first-order chi connectivity index (χ1) is 17.0. The third-order valence-corrected chi connectivity index (χ3v) is 6.50. The molecule has 35 heavy (non-hydrogen) atoms. The largest absolute Gasteiger partial charge is 0.480 e. The highest BCUT2D eigenvalue weighted by atomic mass is 16.4. The van der Waals surface area contributed by atoms with Crippen molar-refractivity contribution < 1.29 is 9.90 Å². The van der Waals surface area contributed by atoms with Crippen molar-refractivity contribution in [2.45, 2.75) is 31.7 Å². The zero-order chi connectivity index (χ0) is 24.4. The molecule has 1 fully saturated rings. The summed E-state index contributed by atoms with van der Waals surface area (Å²) in [6, 6.07) is 16.3. The summed E-state index contributed by atoms with van der Waals surface area (Å²) in [6.07, 6.45) is 4.92. The first-order valence-corrected chi connectivity index (χ1v) is 11.8. The number of rotatable bonds is 8. The van der Waals surface area contributed by atoms with Crippen molar-refractivity contribution in [3.05, 3.63) is 86.8 Å². The van der Waals surface area contributed by atoms with Crippen LogP contribution in [-0.4, -0.2) is 35.2 Å². The van der Waals surface area contributed by atoms with Gasteiger partial charge in [0.1, 0.15) is 23.2 Å². The van der Waals surface area contributed by atoms with E-state index < -0.39 is 22.9 Å². The van der Waals surface area contributed by atoms with Crippen LogP contribution in [0.1, 0.15) is 24.8 Å². The molecule has 2 heterocycles. The first-order valence-electron chi connectivity index (χ1n) is 11.8. The third kappa shape index (κ3) is 4.59. The highest BCUT2D eigenvalue weighted by Gasteiger charge is 2.30. The van der Waals surface area contributed by atoms with Crippen molar-refractivity contribution in [3.8, 4) is 0 Å². The van der Waals surface area contributed by atoms with E-state index in [1.54, 1.807) is 6.20 Å². The SMILES string of the molecule is O=C(O)C(Cc1ccc(Nc2nccc3ccccc23)cc1)Nc1c(N2CCCCC2)c(=O)c1=O. The Hall–Kier alpha value is -4.20. The van der Waals surface area contributed by atoms with Gasteiger partial charge in [-0.3, -0.25) is 9.59 Å². The Labute approximate surface area is 201 Å². The number of hydrogen-bond donors (Lipinski definition) is 3. The maximum atomic E-state index is 12.2. The Morgan fingerprint density at radius 2 is 1.71 bits per heavy atom. The van der Waals surface area contributed by atoms with E-state index in [4.69, 9.17) is 0 Å². The summed E-state index contributed by atoms with van der Waals surface area (Å²) in [5, 5.41) is 18.0. The predicted molar refractivity (Wildman–Crippen MR) is 138 cm³/mol. The molecular formula is C27H26N4O4. The fourth-order valence-electron chi connectivity index (χ4n) is 4.62. The van der Waals surface area contributed by atoms with Gasteiger partial charge in [0.2, 0.25) is 0 Å². The predicted octanol–water partition coefficient (Wildman–Crippen LogP) is 3.67. The Morgan fingerprint density at radius 1 is 0.971 bits per heavy atom. The highest BCUT2D eigenvalue weighted by molar-refractivity contribution is 5.93. The minimum Gasteiger partial charge on any atom is -0.480 e. The second-order valence-electron chi connectivity index (χ2n) is 8.87. The van der Waals surface area contributed by atoms with Crippen LogP contribution in [0.2, 0.25) is 0 Å². The molecule has 1 unspecified atom stereocenters. The molecule has 1 saturated heterocycles. The van der Waals surface area contributed by atoms with E-state index in [0.717, 1.165) is 47.1 Å². The summed E-state index contributed by atoms with van der Waals surface area (Å²) in [5.74, 6) is -0.337. The maximum Gasteiger partial charge on any atom is 0.326 e. The molecule has 8 nitrogen and oxygen atoms in total. The quantitative estimate of drug-likeness (QED) is 0.335. The van der Waals surface area contributed by atoms with Gasteiger partial charge in [-0.25, -0.2) is 9.78 Å². The van der Waals surface area contributed by atoms with Crippen LogP contribution in [0.5, 0.6) is 0 Å². The Bertz CT molecular complexity index is 1430. The summed E-state index contributed by atoms with van der Waals surface area (Å²) in [7, 11) is 0. The molecule has 178 valence electrons. The van der Waals surface area contributed by atoms with Gasteiger partial charge in [0.15, 0.2) is 0 Å². The number of hydrogen-bond acceptors (Lipinski definition) is 7. The summed E-state index contributed by atoms with van der Waals surface area (Å²) in [6.45, 7) is 1.41. The van der Waals surface area contributed by atoms with Gasteiger partial charge in [0.25, 0.3) is 10.9 Å². The van der Waals surface area contributed by atoms with E-state index in [0.29, 0.717) is 18.8 Å². The average molecular weight is 471 g/mol. The second kappa shape index (κ2) is 9.58. The molecule has 0 spiro atoms. The second-order valence-corrected chi connectivity index (χ2v) is 8.87. The number of carbonyl (C=O) groups is 1. The standard InChI is InChI=1S/C27H26N4O4/c32-24-22(23(25(24)33)31-14-4-1-5-15-31)30-21(27(34)35)16-17-8-10-19(11-9-17)29-26-20-7-3-2-6-18(20)12-13-28-26/h2-3,6-13,21,30H,1,4-5,14-16H2,(H,28,29)(H,34,35). The fraction of sp³-hybridized carbons (Fsp3) is 0.259. The van der Waals surface area contributed by atoms with Crippen LogP contribution in [0.4, 0.5) is 22.9 Å². The number of pyridine rings is 1. The van der Waals surface area contributed by atoms with Crippen molar-refractivity contribution in [3.63, 3.8) is 0 Å². The number of nitrogens with one attached hydrogen (secondary N) is 2. The third-order valence-electron chi connectivity index (χ3n) is 6.50. The van der Waals surface area contributed by atoms with Crippen LogP contribution < -0.4 is 26.4 Å². The number of carboxylic acid groups (broad SMARTS) is 1. The van der Waals surface area contributed by atoms with Gasteiger partial charge in [0, 0.05) is 36.8 Å². The van der Waals surface area contributed by atoms with Crippen LogP contribution in [0.25, 0.3) is 10.8 Å². The molecule has 0 amide bonds. The summed E-state index contributed by atoms with van der Waals surface area (Å²) in [5.41, 5.74) is 0.912. The molecule has 1 aliphatic heterocycles. The fourth-order valence-corrected chi connectivity index (χ4v) is 4.62. The molecule has 3 aromatic carbocycles. The monoisotopic (exact) mass is 470 g/mol. The number of nitrogens with zero attached hydrogens (tertiary/aromatic N) is 2. The van der Waals surface area contributed by atoms with E-state index >= 15 is 0 Å². The van der Waals surface area contributed by atoms with Crippen LogP contribution in [-0.2, 0) is 11.2 Å². The molecule has 1 atom stereocenters. The average Bonchev–Trinajstić information content (AvgIpc) is 2.89. The number of carboxylic acids is 1. The zero-order valence-electron chi connectivity index (χ0n) is 19.2. The van der Waals surface area contributed by atoms with Crippen molar-refractivity contribution in [1.29, 1.82) is 0 Å². The summed E-state index contributed by atoms with van der Waals surface area (Å²) < 4.78 is 0. The van der Waals surface area contributed by atoms with Crippen molar-refractivity contribution >= 4 is 39.6 Å². The lowest BCUT2D eigenvalue weighted by molar-refractivity contribution is -0.137. The van der Waals surface area contributed by atoms with Gasteiger partial charge in [-0.15, -0.1) is 0 Å². The Morgan fingerprint density at radius 3 is 2.46 bits per heavy atom. The van der Waals surface area contributed by atoms with E-state index in [1.165, 1.54) is 0 Å². The van der Waals surface area contributed by atoms with Crippen molar-refractivity contribution in [2.75, 3.05) is 28.6 Å². The molecule has 1 aromatic heterocycles. The van der Waals surface area contributed by atoms with Gasteiger partial charge < -0.3 is 20.6 Å². The number of aliphatic carboxylic acids is 1. The van der Waals surface area contributed by atoms with Crippen LogP contribution >= 0.6 is 0 Å². The van der Waals surface area contributed by atoms with E-state index in [2.05, 4.69) is 15.6 Å². The lowest BCUT2D eigenvalue weighted by atomic mass is 10.0. The molecular weight excluding hydrogens is 444 g/mol. The van der Waals surface area contributed by atoms with E-state index in [-0.39, 0.29) is 12.1 Å². The molecule has 8 heteroatoms. The number of aromatic nitrogens is 1. The molecule has 3 N–H and O–H groups in total. The molecule has 1 aliphatic rings. The molecule has 0 aliphatic carbocycles. The molecule has 0 bridgehead atoms. The summed E-state index contributed by atoms with van der Waals surface area (Å²) in [4.78, 5) is 42.7. The number of benzene rings is 2. The van der Waals surface area contributed by atoms with Crippen LogP contribution in [0.15, 0.2) is 70.4 Å². The number of fused-ring (bicyclic) bond motifs is 1. The van der Waals surface area contributed by atoms with E-state index in [1.807, 2.05) is 59.5 Å². The van der Waals surface area contributed by atoms with Gasteiger partial charge >= 0.3 is 5.97 Å². The molecule has 4 aromatic rings. The highest BCUT2D eigenvalue weighted by Crippen LogP contribution is 2.26. The van der Waals surface area contributed by atoms with Gasteiger partial charge in [-0.05, 0) is 48.4 Å². The number of piperidine rings is 1. The van der Waals surface area contributed by atoms with Crippen LogP contribution in [0.3, 0.4) is 0 Å². The molecule has 5 rings (SSSR count). The van der Waals surface area contributed by atoms with Gasteiger partial charge in [0.05, 0.1) is 0 Å². The lowest BCUT2D eigenvalue weighted by Gasteiger charge is -2.31. The summed E-state index contributed by atoms with van der Waals surface area (Å²) >= 11 is 0. The zero-order valence-corrected chi connectivity index (χ0v) is 19.2. The topological polar surface area (TPSA) is 112 Å². The Kier molecular flexibility index (Phi) is 6.18. The van der Waals surface area contributed by atoms with Gasteiger partial charge in [-0.1, -0.05) is 36.4 Å². The van der Waals surface area contributed by atoms with Crippen LogP contribution in [0, 0.1) is 0 Å². The Balaban J connectivity index is 1.30. The minimum absolute atomic E-state index is 0.129. The number of anilines is 4. The maximum absolute atomic E-state index is 12.2. The molecule has 0 radical (unpaired) electrons. The lowest BCUT2D eigenvalue weighted by Crippen LogP contribution is -2.47. The van der Waals surface area contributed by atoms with Gasteiger partial charge in [-0.2, -0.15) is 0 Å². The minimum atomic E-state index is -1.08. The van der Waals surface area contributed by atoms with Crippen molar-refractivity contribution in [2.24, 2.45) is 0 Å². The molecule has 0 saturated carbocycles.